The van der Waals surface area contributed by atoms with Crippen molar-refractivity contribution in [2.24, 2.45) is 0 Å². The molecule has 0 unspecified atom stereocenters. The van der Waals surface area contributed by atoms with Crippen LogP contribution in [0.5, 0.6) is 5.88 Å². The lowest BCUT2D eigenvalue weighted by Gasteiger charge is -2.41. The molecule has 2 fully saturated rings. The fourth-order valence-electron chi connectivity index (χ4n) is 2.42. The minimum absolute atomic E-state index is 0.150. The molecule has 0 saturated carbocycles. The second-order valence-corrected chi connectivity index (χ2v) is 4.84. The zero-order chi connectivity index (χ0) is 12.4. The topological polar surface area (TPSA) is 34.6 Å². The zero-order valence-electron chi connectivity index (χ0n) is 10.2. The summed E-state index contributed by atoms with van der Waals surface area (Å²) in [6, 6.07) is 5.25. The average Bonchev–Trinajstić information content (AvgIpc) is 2.29. The van der Waals surface area contributed by atoms with E-state index in [1.165, 1.54) is 6.07 Å². The summed E-state index contributed by atoms with van der Waals surface area (Å²) in [6.45, 7) is 3.76. The lowest BCUT2D eigenvalue weighted by Crippen LogP contribution is -2.52. The van der Waals surface area contributed by atoms with Crippen molar-refractivity contribution in [1.29, 1.82) is 0 Å². The monoisotopic (exact) mass is 252 g/mol. The van der Waals surface area contributed by atoms with Gasteiger partial charge in [-0.2, -0.15) is 9.37 Å². The molecule has 0 bridgehead atoms. The standard InChI is InChI=1S/C13H17FN2O2/c14-12-2-1-3-13(15-12)18-11-4-6-16(7-5-11)10-8-17-9-10/h1-3,10-11H,4-9H2. The third kappa shape index (κ3) is 2.62. The molecule has 2 saturated heterocycles. The molecule has 4 nitrogen and oxygen atoms in total. The van der Waals surface area contributed by atoms with E-state index in [0.29, 0.717) is 11.9 Å². The minimum Gasteiger partial charge on any atom is -0.474 e. The first-order valence-electron chi connectivity index (χ1n) is 6.42. The predicted molar refractivity (Wildman–Crippen MR) is 64.0 cm³/mol. The predicted octanol–water partition coefficient (Wildman–Crippen LogP) is 1.46. The summed E-state index contributed by atoms with van der Waals surface area (Å²) >= 11 is 0. The van der Waals surface area contributed by atoms with E-state index in [2.05, 4.69) is 9.88 Å². The van der Waals surface area contributed by atoms with Gasteiger partial charge in [-0.3, -0.25) is 4.90 Å². The molecule has 0 aromatic carbocycles. The van der Waals surface area contributed by atoms with E-state index in [1.54, 1.807) is 12.1 Å². The molecule has 0 amide bonds. The highest BCUT2D eigenvalue weighted by atomic mass is 19.1. The summed E-state index contributed by atoms with van der Waals surface area (Å²) in [4.78, 5) is 6.17. The largest absolute Gasteiger partial charge is 0.474 e. The second kappa shape index (κ2) is 5.20. The van der Waals surface area contributed by atoms with Gasteiger partial charge in [-0.25, -0.2) is 0 Å². The molecule has 1 aromatic heterocycles. The highest BCUT2D eigenvalue weighted by Crippen LogP contribution is 2.21. The molecule has 18 heavy (non-hydrogen) atoms. The number of piperidine rings is 1. The Morgan fingerprint density at radius 2 is 2.06 bits per heavy atom. The molecule has 0 aliphatic carbocycles. The van der Waals surface area contributed by atoms with Gasteiger partial charge in [0.15, 0.2) is 0 Å². The van der Waals surface area contributed by atoms with Gasteiger partial charge in [0.25, 0.3) is 0 Å². The Morgan fingerprint density at radius 3 is 2.67 bits per heavy atom. The summed E-state index contributed by atoms with van der Waals surface area (Å²) in [6.07, 6.45) is 2.08. The lowest BCUT2D eigenvalue weighted by molar-refractivity contribution is -0.0780. The van der Waals surface area contributed by atoms with Crippen molar-refractivity contribution in [3.63, 3.8) is 0 Å². The van der Waals surface area contributed by atoms with E-state index in [-0.39, 0.29) is 6.10 Å². The van der Waals surface area contributed by atoms with Gasteiger partial charge in [0, 0.05) is 19.2 Å². The quantitative estimate of drug-likeness (QED) is 0.763. The molecule has 0 radical (unpaired) electrons. The SMILES string of the molecule is Fc1cccc(OC2CCN(C3COC3)CC2)n1. The molecule has 98 valence electrons. The van der Waals surface area contributed by atoms with Gasteiger partial charge < -0.3 is 9.47 Å². The Morgan fingerprint density at radius 1 is 1.28 bits per heavy atom. The van der Waals surface area contributed by atoms with E-state index in [1.807, 2.05) is 0 Å². The molecule has 3 heterocycles. The van der Waals surface area contributed by atoms with Crippen molar-refractivity contribution in [2.45, 2.75) is 25.0 Å². The highest BCUT2D eigenvalue weighted by Gasteiger charge is 2.30. The zero-order valence-corrected chi connectivity index (χ0v) is 10.2. The van der Waals surface area contributed by atoms with Crippen molar-refractivity contribution in [1.82, 2.24) is 9.88 Å². The maximum absolute atomic E-state index is 12.9. The number of ether oxygens (including phenoxy) is 2. The first kappa shape index (κ1) is 11.9. The van der Waals surface area contributed by atoms with Crippen molar-refractivity contribution in [2.75, 3.05) is 26.3 Å². The van der Waals surface area contributed by atoms with Crippen molar-refractivity contribution in [3.8, 4) is 5.88 Å². The normalized spacial score (nSPS) is 22.7. The minimum atomic E-state index is -0.489. The molecule has 1 aromatic rings. The van der Waals surface area contributed by atoms with Crippen LogP contribution in [0.2, 0.25) is 0 Å². The van der Waals surface area contributed by atoms with Gasteiger partial charge in [-0.15, -0.1) is 0 Å². The van der Waals surface area contributed by atoms with E-state index >= 15 is 0 Å². The third-order valence-corrected chi connectivity index (χ3v) is 3.59. The van der Waals surface area contributed by atoms with Crippen LogP contribution in [0.3, 0.4) is 0 Å². The lowest BCUT2D eigenvalue weighted by atomic mass is 10.0. The van der Waals surface area contributed by atoms with Gasteiger partial charge in [0.1, 0.15) is 6.10 Å². The Bertz CT molecular complexity index is 404. The van der Waals surface area contributed by atoms with Crippen LogP contribution in [-0.4, -0.2) is 48.3 Å². The Labute approximate surface area is 106 Å². The van der Waals surface area contributed by atoms with E-state index in [0.717, 1.165) is 39.1 Å². The number of aromatic nitrogens is 1. The van der Waals surface area contributed by atoms with E-state index in [4.69, 9.17) is 9.47 Å². The van der Waals surface area contributed by atoms with Crippen LogP contribution < -0.4 is 4.74 Å². The van der Waals surface area contributed by atoms with Crippen LogP contribution in [-0.2, 0) is 4.74 Å². The molecular formula is C13H17FN2O2. The fourth-order valence-corrected chi connectivity index (χ4v) is 2.42. The first-order valence-corrected chi connectivity index (χ1v) is 6.42. The van der Waals surface area contributed by atoms with Crippen LogP contribution >= 0.6 is 0 Å². The van der Waals surface area contributed by atoms with Gasteiger partial charge in [0.2, 0.25) is 11.8 Å². The first-order chi connectivity index (χ1) is 8.81. The average molecular weight is 252 g/mol. The summed E-state index contributed by atoms with van der Waals surface area (Å²) in [5.41, 5.74) is 0. The van der Waals surface area contributed by atoms with Crippen molar-refractivity contribution < 1.29 is 13.9 Å². The van der Waals surface area contributed by atoms with Crippen LogP contribution in [0.15, 0.2) is 18.2 Å². The van der Waals surface area contributed by atoms with Crippen LogP contribution in [0, 0.1) is 5.95 Å². The molecule has 0 spiro atoms. The molecule has 0 N–H and O–H groups in total. The smallest absolute Gasteiger partial charge is 0.216 e. The summed E-state index contributed by atoms with van der Waals surface area (Å²) in [5.74, 6) is -0.100. The maximum Gasteiger partial charge on any atom is 0.216 e. The van der Waals surface area contributed by atoms with E-state index in [9.17, 15) is 4.39 Å². The van der Waals surface area contributed by atoms with Gasteiger partial charge in [-0.05, 0) is 18.9 Å². The number of nitrogens with zero attached hydrogens (tertiary/aromatic N) is 2. The molecular weight excluding hydrogens is 235 g/mol. The highest BCUT2D eigenvalue weighted by molar-refractivity contribution is 5.10. The van der Waals surface area contributed by atoms with E-state index < -0.39 is 5.95 Å². The number of hydrogen-bond acceptors (Lipinski definition) is 4. The molecule has 2 aliphatic heterocycles. The number of pyridine rings is 1. The molecule has 2 aliphatic rings. The third-order valence-electron chi connectivity index (χ3n) is 3.59. The number of hydrogen-bond donors (Lipinski definition) is 0. The molecule has 0 atom stereocenters. The van der Waals surface area contributed by atoms with Crippen LogP contribution in [0.25, 0.3) is 0 Å². The Hall–Kier alpha value is -1.20. The van der Waals surface area contributed by atoms with Gasteiger partial charge in [-0.1, -0.05) is 6.07 Å². The number of rotatable bonds is 3. The summed E-state index contributed by atoms with van der Waals surface area (Å²) in [7, 11) is 0. The van der Waals surface area contributed by atoms with Crippen molar-refractivity contribution in [3.05, 3.63) is 24.1 Å². The summed E-state index contributed by atoms with van der Waals surface area (Å²) in [5, 5.41) is 0. The van der Waals surface area contributed by atoms with Crippen LogP contribution in [0.4, 0.5) is 4.39 Å². The van der Waals surface area contributed by atoms with Gasteiger partial charge in [0.05, 0.1) is 19.3 Å². The maximum atomic E-state index is 12.9. The molecule has 5 heteroatoms. The molecule has 3 rings (SSSR count). The number of halogens is 1. The van der Waals surface area contributed by atoms with Gasteiger partial charge >= 0.3 is 0 Å². The summed E-state index contributed by atoms with van der Waals surface area (Å²) < 4.78 is 23.8. The second-order valence-electron chi connectivity index (χ2n) is 4.84. The van der Waals surface area contributed by atoms with Crippen LogP contribution in [0.1, 0.15) is 12.8 Å². The fraction of sp³-hybridized carbons (Fsp3) is 0.615. The number of likely N-dealkylation sites (tertiary alicyclic amines) is 1. The Balaban J connectivity index is 1.50. The Kier molecular flexibility index (Phi) is 3.43. The van der Waals surface area contributed by atoms with Crippen molar-refractivity contribution >= 4 is 0 Å².